The van der Waals surface area contributed by atoms with Gasteiger partial charge in [-0.15, -0.1) is 0 Å². The van der Waals surface area contributed by atoms with Gasteiger partial charge in [0, 0.05) is 0 Å². The van der Waals surface area contributed by atoms with E-state index in [1.54, 1.807) is 0 Å². The molecule has 0 bridgehead atoms. The Balaban J connectivity index is 2.35. The predicted octanol–water partition coefficient (Wildman–Crippen LogP) is 1.23. The first kappa shape index (κ1) is 9.52. The minimum absolute atomic E-state index is 0.102. The average Bonchev–Trinajstić information content (AvgIpc) is 2.05. The first-order chi connectivity index (χ1) is 5.74. The Kier molecular flexibility index (Phi) is 3.53. The Morgan fingerprint density at radius 2 is 2.25 bits per heavy atom. The highest BCUT2D eigenvalue weighted by Crippen LogP contribution is 2.30. The van der Waals surface area contributed by atoms with Gasteiger partial charge in [-0.05, 0) is 31.7 Å². The van der Waals surface area contributed by atoms with Crippen LogP contribution in [0, 0.1) is 11.8 Å². The van der Waals surface area contributed by atoms with Crippen LogP contribution in [-0.4, -0.2) is 17.6 Å². The summed E-state index contributed by atoms with van der Waals surface area (Å²) in [6, 6.07) is 0. The number of aliphatic carboxylic acids is 1. The SMILES string of the molecule is NCC[C@H]1CCC[C@@H](C(=O)O)C1. The molecule has 70 valence electrons. The summed E-state index contributed by atoms with van der Waals surface area (Å²) in [7, 11) is 0. The molecule has 0 aromatic heterocycles. The van der Waals surface area contributed by atoms with Crippen LogP contribution < -0.4 is 5.73 Å². The van der Waals surface area contributed by atoms with Crippen LogP contribution >= 0.6 is 0 Å². The van der Waals surface area contributed by atoms with Crippen LogP contribution in [0.3, 0.4) is 0 Å². The molecular weight excluding hydrogens is 154 g/mol. The molecule has 0 aliphatic heterocycles. The van der Waals surface area contributed by atoms with E-state index in [4.69, 9.17) is 10.8 Å². The number of rotatable bonds is 3. The molecule has 1 aliphatic rings. The van der Waals surface area contributed by atoms with Gasteiger partial charge in [0.2, 0.25) is 0 Å². The number of carbonyl (C=O) groups is 1. The molecule has 1 fully saturated rings. The van der Waals surface area contributed by atoms with Crippen molar-refractivity contribution in [3.63, 3.8) is 0 Å². The summed E-state index contributed by atoms with van der Waals surface area (Å²) < 4.78 is 0. The fraction of sp³-hybridized carbons (Fsp3) is 0.889. The smallest absolute Gasteiger partial charge is 0.306 e. The molecular formula is C9H17NO2. The second kappa shape index (κ2) is 4.45. The van der Waals surface area contributed by atoms with E-state index < -0.39 is 5.97 Å². The van der Waals surface area contributed by atoms with E-state index >= 15 is 0 Å². The van der Waals surface area contributed by atoms with Gasteiger partial charge in [0.15, 0.2) is 0 Å². The molecule has 0 heterocycles. The summed E-state index contributed by atoms with van der Waals surface area (Å²) in [5.41, 5.74) is 5.43. The molecule has 1 saturated carbocycles. The van der Waals surface area contributed by atoms with Crippen LogP contribution in [0.15, 0.2) is 0 Å². The minimum atomic E-state index is -0.628. The van der Waals surface area contributed by atoms with Crippen molar-refractivity contribution in [1.29, 1.82) is 0 Å². The maximum atomic E-state index is 10.7. The zero-order valence-electron chi connectivity index (χ0n) is 7.33. The Bertz CT molecular complexity index is 157. The zero-order valence-corrected chi connectivity index (χ0v) is 7.33. The average molecular weight is 171 g/mol. The summed E-state index contributed by atoms with van der Waals surface area (Å²) in [5, 5.41) is 8.79. The second-order valence-electron chi connectivity index (χ2n) is 3.65. The van der Waals surface area contributed by atoms with Crippen LogP contribution in [-0.2, 0) is 4.79 Å². The van der Waals surface area contributed by atoms with E-state index in [-0.39, 0.29) is 5.92 Å². The molecule has 3 N–H and O–H groups in total. The Labute approximate surface area is 72.9 Å². The molecule has 0 aromatic rings. The number of nitrogens with two attached hydrogens (primary N) is 1. The van der Waals surface area contributed by atoms with Crippen molar-refractivity contribution in [3.8, 4) is 0 Å². The third-order valence-electron chi connectivity index (χ3n) is 2.71. The van der Waals surface area contributed by atoms with Gasteiger partial charge >= 0.3 is 5.97 Å². The molecule has 0 radical (unpaired) electrons. The maximum absolute atomic E-state index is 10.7. The van der Waals surface area contributed by atoms with E-state index in [0.717, 1.165) is 25.7 Å². The van der Waals surface area contributed by atoms with Gasteiger partial charge < -0.3 is 10.8 Å². The second-order valence-corrected chi connectivity index (χ2v) is 3.65. The molecule has 2 atom stereocenters. The van der Waals surface area contributed by atoms with Gasteiger partial charge in [0.25, 0.3) is 0 Å². The van der Waals surface area contributed by atoms with E-state index in [9.17, 15) is 4.79 Å². The number of hydrogen-bond acceptors (Lipinski definition) is 2. The predicted molar refractivity (Wildman–Crippen MR) is 46.8 cm³/mol. The fourth-order valence-corrected chi connectivity index (χ4v) is 2.01. The Hall–Kier alpha value is -0.570. The van der Waals surface area contributed by atoms with Crippen molar-refractivity contribution in [1.82, 2.24) is 0 Å². The van der Waals surface area contributed by atoms with E-state index in [2.05, 4.69) is 0 Å². The highest BCUT2D eigenvalue weighted by molar-refractivity contribution is 5.70. The lowest BCUT2D eigenvalue weighted by Crippen LogP contribution is -2.23. The molecule has 3 heteroatoms. The fourth-order valence-electron chi connectivity index (χ4n) is 2.01. The molecule has 0 saturated heterocycles. The Morgan fingerprint density at radius 3 is 2.83 bits per heavy atom. The lowest BCUT2D eigenvalue weighted by Gasteiger charge is -2.25. The van der Waals surface area contributed by atoms with Crippen LogP contribution in [0.4, 0.5) is 0 Å². The van der Waals surface area contributed by atoms with Gasteiger partial charge in [0.1, 0.15) is 0 Å². The maximum Gasteiger partial charge on any atom is 0.306 e. The van der Waals surface area contributed by atoms with E-state index in [0.29, 0.717) is 12.5 Å². The monoisotopic (exact) mass is 171 g/mol. The first-order valence-electron chi connectivity index (χ1n) is 4.67. The van der Waals surface area contributed by atoms with Gasteiger partial charge in [-0.1, -0.05) is 12.8 Å². The number of hydrogen-bond donors (Lipinski definition) is 2. The largest absolute Gasteiger partial charge is 0.481 e. The standard InChI is InChI=1S/C9H17NO2/c10-5-4-7-2-1-3-8(6-7)9(11)12/h7-8H,1-6,10H2,(H,11,12)/t7-,8-/m1/s1. The normalized spacial score (nSPS) is 30.1. The van der Waals surface area contributed by atoms with E-state index in [1.807, 2.05) is 0 Å². The summed E-state index contributed by atoms with van der Waals surface area (Å²) in [4.78, 5) is 10.7. The molecule has 0 spiro atoms. The van der Waals surface area contributed by atoms with Crippen LogP contribution in [0.5, 0.6) is 0 Å². The third kappa shape index (κ3) is 2.48. The summed E-state index contributed by atoms with van der Waals surface area (Å²) in [6.07, 6.45) is 4.91. The molecule has 0 aromatic carbocycles. The molecule has 1 rings (SSSR count). The van der Waals surface area contributed by atoms with Gasteiger partial charge in [0.05, 0.1) is 5.92 Å². The molecule has 3 nitrogen and oxygen atoms in total. The van der Waals surface area contributed by atoms with E-state index in [1.165, 1.54) is 6.42 Å². The topological polar surface area (TPSA) is 63.3 Å². The lowest BCUT2D eigenvalue weighted by atomic mass is 9.80. The van der Waals surface area contributed by atoms with Crippen molar-refractivity contribution in [2.24, 2.45) is 17.6 Å². The van der Waals surface area contributed by atoms with Crippen molar-refractivity contribution in [2.75, 3.05) is 6.54 Å². The summed E-state index contributed by atoms with van der Waals surface area (Å²) in [6.45, 7) is 0.691. The third-order valence-corrected chi connectivity index (χ3v) is 2.71. The molecule has 12 heavy (non-hydrogen) atoms. The van der Waals surface area contributed by atoms with Gasteiger partial charge in [-0.3, -0.25) is 4.79 Å². The lowest BCUT2D eigenvalue weighted by molar-refractivity contribution is -0.143. The molecule has 0 unspecified atom stereocenters. The quantitative estimate of drug-likeness (QED) is 0.671. The van der Waals surface area contributed by atoms with Crippen LogP contribution in [0.2, 0.25) is 0 Å². The van der Waals surface area contributed by atoms with Crippen molar-refractivity contribution in [2.45, 2.75) is 32.1 Å². The number of carboxylic acids is 1. The van der Waals surface area contributed by atoms with Crippen molar-refractivity contribution in [3.05, 3.63) is 0 Å². The van der Waals surface area contributed by atoms with Crippen LogP contribution in [0.25, 0.3) is 0 Å². The van der Waals surface area contributed by atoms with Crippen LogP contribution in [0.1, 0.15) is 32.1 Å². The summed E-state index contributed by atoms with van der Waals surface area (Å²) >= 11 is 0. The summed E-state index contributed by atoms with van der Waals surface area (Å²) in [5.74, 6) is -0.170. The van der Waals surface area contributed by atoms with Crippen molar-refractivity contribution >= 4 is 5.97 Å². The van der Waals surface area contributed by atoms with Gasteiger partial charge in [-0.2, -0.15) is 0 Å². The Morgan fingerprint density at radius 1 is 1.50 bits per heavy atom. The number of carboxylic acid groups (broad SMARTS) is 1. The van der Waals surface area contributed by atoms with Gasteiger partial charge in [-0.25, -0.2) is 0 Å². The zero-order chi connectivity index (χ0) is 8.97. The molecule has 0 amide bonds. The highest BCUT2D eigenvalue weighted by Gasteiger charge is 2.25. The van der Waals surface area contributed by atoms with Crippen molar-refractivity contribution < 1.29 is 9.90 Å². The molecule has 1 aliphatic carbocycles. The first-order valence-corrected chi connectivity index (χ1v) is 4.67. The highest BCUT2D eigenvalue weighted by atomic mass is 16.4. The minimum Gasteiger partial charge on any atom is -0.481 e.